The topological polar surface area (TPSA) is 55.9 Å². The van der Waals surface area contributed by atoms with E-state index in [-0.39, 0.29) is 11.9 Å². The smallest absolute Gasteiger partial charge is 0.126 e. The van der Waals surface area contributed by atoms with Gasteiger partial charge in [0.15, 0.2) is 0 Å². The second kappa shape index (κ2) is 5.07. The Morgan fingerprint density at radius 1 is 1.47 bits per heavy atom. The highest BCUT2D eigenvalue weighted by Crippen LogP contribution is 2.17. The summed E-state index contributed by atoms with van der Waals surface area (Å²) in [6.07, 6.45) is 4.03. The third-order valence-corrected chi connectivity index (χ3v) is 2.66. The van der Waals surface area contributed by atoms with Crippen molar-refractivity contribution in [3.63, 3.8) is 0 Å². The SMILES string of the molecule is Cn1cnc(C(Cc2ccccc2F)NN)c1. The quantitative estimate of drug-likeness (QED) is 0.619. The Labute approximate surface area is 99.2 Å². The lowest BCUT2D eigenvalue weighted by molar-refractivity contribution is 0.520. The molecule has 17 heavy (non-hydrogen) atoms. The van der Waals surface area contributed by atoms with Crippen LogP contribution in [0.4, 0.5) is 4.39 Å². The number of aryl methyl sites for hydroxylation is 1. The van der Waals surface area contributed by atoms with Crippen LogP contribution in [0.3, 0.4) is 0 Å². The Hall–Kier alpha value is -1.72. The fourth-order valence-corrected chi connectivity index (χ4v) is 1.75. The zero-order valence-corrected chi connectivity index (χ0v) is 9.60. The number of hydrogen-bond acceptors (Lipinski definition) is 3. The summed E-state index contributed by atoms with van der Waals surface area (Å²) in [4.78, 5) is 4.21. The minimum Gasteiger partial charge on any atom is -0.340 e. The van der Waals surface area contributed by atoms with Crippen molar-refractivity contribution in [2.75, 3.05) is 0 Å². The van der Waals surface area contributed by atoms with E-state index in [1.165, 1.54) is 6.07 Å². The third-order valence-electron chi connectivity index (χ3n) is 2.66. The number of imidazole rings is 1. The van der Waals surface area contributed by atoms with Crippen LogP contribution in [0.1, 0.15) is 17.3 Å². The molecule has 4 nitrogen and oxygen atoms in total. The first kappa shape index (κ1) is 11.8. The normalized spacial score (nSPS) is 12.6. The van der Waals surface area contributed by atoms with Crippen molar-refractivity contribution in [2.45, 2.75) is 12.5 Å². The minimum atomic E-state index is -0.219. The number of aromatic nitrogens is 2. The highest BCUT2D eigenvalue weighted by molar-refractivity contribution is 5.20. The molecule has 5 heteroatoms. The lowest BCUT2D eigenvalue weighted by Gasteiger charge is -2.13. The molecule has 0 saturated heterocycles. The molecule has 1 atom stereocenters. The second-order valence-electron chi connectivity index (χ2n) is 3.98. The molecule has 1 aromatic heterocycles. The Balaban J connectivity index is 2.18. The zero-order chi connectivity index (χ0) is 12.3. The van der Waals surface area contributed by atoms with Gasteiger partial charge in [-0.05, 0) is 18.1 Å². The lowest BCUT2D eigenvalue weighted by atomic mass is 10.0. The van der Waals surface area contributed by atoms with Crippen molar-refractivity contribution in [1.82, 2.24) is 15.0 Å². The molecule has 2 aromatic rings. The van der Waals surface area contributed by atoms with Crippen LogP contribution in [0.5, 0.6) is 0 Å². The van der Waals surface area contributed by atoms with Crippen molar-refractivity contribution >= 4 is 0 Å². The molecule has 90 valence electrons. The first-order valence-electron chi connectivity index (χ1n) is 5.38. The molecule has 3 N–H and O–H groups in total. The van der Waals surface area contributed by atoms with Gasteiger partial charge >= 0.3 is 0 Å². The van der Waals surface area contributed by atoms with Crippen molar-refractivity contribution < 1.29 is 4.39 Å². The monoisotopic (exact) mass is 234 g/mol. The standard InChI is InChI=1S/C12H15FN4/c1-17-7-12(15-8-17)11(16-14)6-9-4-2-3-5-10(9)13/h2-5,7-8,11,16H,6,14H2,1H3. The largest absolute Gasteiger partial charge is 0.340 e. The molecule has 0 amide bonds. The molecule has 0 radical (unpaired) electrons. The lowest BCUT2D eigenvalue weighted by Crippen LogP contribution is -2.30. The number of hydrogen-bond donors (Lipinski definition) is 2. The van der Waals surface area contributed by atoms with Crippen LogP contribution in [0, 0.1) is 5.82 Å². The minimum absolute atomic E-state index is 0.187. The van der Waals surface area contributed by atoms with Crippen LogP contribution in [-0.2, 0) is 13.5 Å². The van der Waals surface area contributed by atoms with Gasteiger partial charge < -0.3 is 4.57 Å². The Kier molecular flexibility index (Phi) is 3.51. The average molecular weight is 234 g/mol. The number of nitrogens with one attached hydrogen (secondary N) is 1. The molecule has 0 fully saturated rings. The summed E-state index contributed by atoms with van der Waals surface area (Å²) in [7, 11) is 1.88. The van der Waals surface area contributed by atoms with Gasteiger partial charge in [-0.25, -0.2) is 9.37 Å². The van der Waals surface area contributed by atoms with Crippen LogP contribution in [0.25, 0.3) is 0 Å². The maximum atomic E-state index is 13.5. The summed E-state index contributed by atoms with van der Waals surface area (Å²) in [5, 5.41) is 0. The molecule has 0 bridgehead atoms. The van der Waals surface area contributed by atoms with Gasteiger partial charge in [-0.15, -0.1) is 0 Å². The van der Waals surface area contributed by atoms with E-state index in [0.29, 0.717) is 12.0 Å². The fourth-order valence-electron chi connectivity index (χ4n) is 1.75. The number of benzene rings is 1. The van der Waals surface area contributed by atoms with Gasteiger partial charge in [-0.2, -0.15) is 0 Å². The van der Waals surface area contributed by atoms with Crippen molar-refractivity contribution in [3.05, 3.63) is 53.9 Å². The van der Waals surface area contributed by atoms with Gasteiger partial charge in [0, 0.05) is 13.2 Å². The van der Waals surface area contributed by atoms with E-state index < -0.39 is 0 Å². The van der Waals surface area contributed by atoms with Crippen LogP contribution >= 0.6 is 0 Å². The molecule has 0 aliphatic heterocycles. The molecule has 0 aliphatic carbocycles. The van der Waals surface area contributed by atoms with Crippen LogP contribution in [-0.4, -0.2) is 9.55 Å². The Morgan fingerprint density at radius 2 is 2.24 bits per heavy atom. The third kappa shape index (κ3) is 2.69. The van der Waals surface area contributed by atoms with Crippen molar-refractivity contribution in [2.24, 2.45) is 12.9 Å². The molecule has 0 aliphatic rings. The van der Waals surface area contributed by atoms with Gasteiger partial charge in [0.1, 0.15) is 5.82 Å². The van der Waals surface area contributed by atoms with Crippen molar-refractivity contribution in [3.8, 4) is 0 Å². The second-order valence-corrected chi connectivity index (χ2v) is 3.98. The molecule has 0 spiro atoms. The fraction of sp³-hybridized carbons (Fsp3) is 0.250. The van der Waals surface area contributed by atoms with Gasteiger partial charge in [0.25, 0.3) is 0 Å². The average Bonchev–Trinajstić information content (AvgIpc) is 2.75. The van der Waals surface area contributed by atoms with Gasteiger partial charge in [0.05, 0.1) is 18.1 Å². The maximum absolute atomic E-state index is 13.5. The van der Waals surface area contributed by atoms with Gasteiger partial charge in [0.2, 0.25) is 0 Å². The summed E-state index contributed by atoms with van der Waals surface area (Å²) < 4.78 is 15.3. The summed E-state index contributed by atoms with van der Waals surface area (Å²) in [6.45, 7) is 0. The van der Waals surface area contributed by atoms with Crippen LogP contribution < -0.4 is 11.3 Å². The zero-order valence-electron chi connectivity index (χ0n) is 9.60. The Bertz CT molecular complexity index is 495. The number of halogens is 1. The molecule has 1 aromatic carbocycles. The summed E-state index contributed by atoms with van der Waals surface area (Å²) in [5.74, 6) is 5.27. The predicted octanol–water partition coefficient (Wildman–Crippen LogP) is 1.31. The van der Waals surface area contributed by atoms with E-state index in [9.17, 15) is 4.39 Å². The first-order valence-corrected chi connectivity index (χ1v) is 5.38. The number of nitrogens with two attached hydrogens (primary N) is 1. The molecule has 0 saturated carbocycles. The summed E-state index contributed by atoms with van der Waals surface area (Å²) >= 11 is 0. The van der Waals surface area contributed by atoms with Crippen LogP contribution in [0.2, 0.25) is 0 Å². The van der Waals surface area contributed by atoms with Gasteiger partial charge in [-0.3, -0.25) is 11.3 Å². The van der Waals surface area contributed by atoms with Crippen LogP contribution in [0.15, 0.2) is 36.8 Å². The van der Waals surface area contributed by atoms with E-state index in [2.05, 4.69) is 10.4 Å². The predicted molar refractivity (Wildman–Crippen MR) is 63.4 cm³/mol. The molecule has 1 heterocycles. The first-order chi connectivity index (χ1) is 8.20. The number of hydrazine groups is 1. The summed E-state index contributed by atoms with van der Waals surface area (Å²) in [6, 6.07) is 6.49. The Morgan fingerprint density at radius 3 is 2.82 bits per heavy atom. The molecular weight excluding hydrogens is 219 g/mol. The van der Waals surface area contributed by atoms with Crippen molar-refractivity contribution in [1.29, 1.82) is 0 Å². The number of rotatable bonds is 4. The summed E-state index contributed by atoms with van der Waals surface area (Å²) in [5.41, 5.74) is 4.09. The van der Waals surface area contributed by atoms with Gasteiger partial charge in [-0.1, -0.05) is 18.2 Å². The maximum Gasteiger partial charge on any atom is 0.126 e. The highest BCUT2D eigenvalue weighted by atomic mass is 19.1. The highest BCUT2D eigenvalue weighted by Gasteiger charge is 2.14. The molecule has 2 rings (SSSR count). The molecular formula is C12H15FN4. The van der Waals surface area contributed by atoms with E-state index in [1.54, 1.807) is 18.5 Å². The van der Waals surface area contributed by atoms with E-state index >= 15 is 0 Å². The van der Waals surface area contributed by atoms with E-state index in [1.807, 2.05) is 23.9 Å². The number of nitrogens with zero attached hydrogens (tertiary/aromatic N) is 2. The van der Waals surface area contributed by atoms with E-state index in [4.69, 9.17) is 5.84 Å². The van der Waals surface area contributed by atoms with E-state index in [0.717, 1.165) is 5.69 Å². The molecule has 1 unspecified atom stereocenters.